The Hall–Kier alpha value is -11.4. The summed E-state index contributed by atoms with van der Waals surface area (Å²) >= 11 is 28.4. The summed E-state index contributed by atoms with van der Waals surface area (Å²) in [5, 5.41) is 62.1. The molecular weight excluding hydrogens is 2360 g/mol. The highest BCUT2D eigenvalue weighted by molar-refractivity contribution is 9.12. The molecule has 28 nitrogen and oxygen atoms in total. The van der Waals surface area contributed by atoms with Crippen molar-refractivity contribution < 1.29 is 142 Å². The molecule has 132 heavy (non-hydrogen) atoms. The van der Waals surface area contributed by atoms with Crippen LogP contribution in [0.1, 0.15) is 150 Å². The number of nitrogens with two attached hydrogens (primary N) is 2. The first kappa shape index (κ1) is 98.1. The van der Waals surface area contributed by atoms with Crippen molar-refractivity contribution in [3.8, 4) is 23.0 Å². The number of hydrogen-bond acceptors (Lipinski definition) is 22. The molecule has 0 aliphatic heterocycles. The molecule has 16 rings (SSSR count). The van der Waals surface area contributed by atoms with Crippen LogP contribution in [0.3, 0.4) is 0 Å². The lowest BCUT2D eigenvalue weighted by Gasteiger charge is -2.22. The van der Waals surface area contributed by atoms with E-state index in [1.165, 1.54) is 36.4 Å². The van der Waals surface area contributed by atoms with Gasteiger partial charge in [-0.1, -0.05) is 161 Å². The molecule has 0 unspecified atom stereocenters. The SMILES string of the molecule is O=C(NCNC(=O)OCCc1cc(Nc2ccc(O)c3c2C(=O)c2ccccc2C3=O)c(Br)cc1Br)OCCc1cc(Nc2ccc(O)c3c2C(=O)c2ccccc2C3=O)c(Br)cc1Br.O=C(NCNC(=O)OCCc1cc([NH2+]c2ccc(O)c3c2C(=O)c2ccccc2C3=O)c(Br)cc1Br)OCCc1cc([NH2+]c2ccc(O)c3c2C(=O)c2ccccc2C3=O)c(Br)cc1Br.[Br-].[Br-]. The number of carbonyl (C=O) groups excluding carboxylic acids is 12. The molecule has 0 heterocycles. The van der Waals surface area contributed by atoms with Crippen molar-refractivity contribution in [2.45, 2.75) is 25.7 Å². The number of ether oxygens (including phenoxy) is 4. The van der Waals surface area contributed by atoms with Gasteiger partial charge in [-0.2, -0.15) is 0 Å². The third-order valence-corrected chi connectivity index (χ3v) is 27.0. The first-order valence-electron chi connectivity index (χ1n) is 39.4. The Labute approximate surface area is 838 Å². The summed E-state index contributed by atoms with van der Waals surface area (Å²) in [4.78, 5) is 157. The maximum atomic E-state index is 13.6. The summed E-state index contributed by atoms with van der Waals surface area (Å²) in [6.45, 7) is -0.670. The van der Waals surface area contributed by atoms with Gasteiger partial charge in [0.05, 0.1) is 116 Å². The summed E-state index contributed by atoms with van der Waals surface area (Å²) in [5.41, 5.74) is 9.00. The van der Waals surface area contributed by atoms with E-state index < -0.39 is 59.1 Å². The molecule has 4 aliphatic carbocycles. The lowest BCUT2D eigenvalue weighted by atomic mass is 9.82. The Morgan fingerprint density at radius 1 is 0.258 bits per heavy atom. The van der Waals surface area contributed by atoms with Gasteiger partial charge < -0.3 is 105 Å². The Balaban J connectivity index is 0.000000221. The molecule has 38 heteroatoms. The number of nitrogens with one attached hydrogen (secondary N) is 6. The summed E-state index contributed by atoms with van der Waals surface area (Å²) in [7, 11) is 0. The van der Waals surface area contributed by atoms with Crippen molar-refractivity contribution in [1.29, 1.82) is 0 Å². The van der Waals surface area contributed by atoms with E-state index in [0.717, 1.165) is 31.2 Å². The van der Waals surface area contributed by atoms with E-state index >= 15 is 0 Å². The molecule has 0 fully saturated rings. The van der Waals surface area contributed by atoms with Gasteiger partial charge in [0.15, 0.2) is 34.7 Å². The Morgan fingerprint density at radius 3 is 0.758 bits per heavy atom. The molecule has 12 aromatic rings. The number of anilines is 4. The maximum absolute atomic E-state index is 13.6. The minimum Gasteiger partial charge on any atom is -1.00 e. The van der Waals surface area contributed by atoms with Crippen LogP contribution < -0.4 is 76.5 Å². The molecule has 12 aromatic carbocycles. The van der Waals surface area contributed by atoms with Crippen LogP contribution in [0.4, 0.5) is 64.7 Å². The molecule has 4 aliphatic rings. The highest BCUT2D eigenvalue weighted by atomic mass is 79.9. The number of aromatic hydroxyl groups is 4. The quantitative estimate of drug-likeness (QED) is 0.0116. The number of alkyl carbamates (subject to hydrolysis) is 4. The van der Waals surface area contributed by atoms with E-state index in [2.05, 4.69) is 159 Å². The van der Waals surface area contributed by atoms with E-state index in [1.807, 2.05) is 24.3 Å². The zero-order chi connectivity index (χ0) is 92.2. The van der Waals surface area contributed by atoms with Crippen LogP contribution in [-0.4, -0.2) is 131 Å². The number of rotatable bonds is 24. The van der Waals surface area contributed by atoms with Gasteiger partial charge in [-0.3, -0.25) is 49.0 Å². The van der Waals surface area contributed by atoms with Crippen LogP contribution in [-0.2, 0) is 44.6 Å². The number of quaternary nitrogens is 2. The van der Waals surface area contributed by atoms with Gasteiger partial charge in [-0.15, -0.1) is 0 Å². The zero-order valence-corrected chi connectivity index (χ0v) is 83.7. The number of amides is 4. The van der Waals surface area contributed by atoms with Gasteiger partial charge in [-0.25, -0.2) is 19.2 Å². The summed E-state index contributed by atoms with van der Waals surface area (Å²) in [6, 6.07) is 52.1. The molecular formula is C94H66Br10N8O20. The number of fused-ring (bicyclic) bond motifs is 8. The van der Waals surface area contributed by atoms with E-state index in [0.29, 0.717) is 85.2 Å². The molecule has 4 amide bonds. The Bertz CT molecular complexity index is 6070. The molecule has 0 saturated heterocycles. The van der Waals surface area contributed by atoms with E-state index in [9.17, 15) is 78.0 Å². The van der Waals surface area contributed by atoms with Crippen LogP contribution in [0.2, 0.25) is 0 Å². The monoisotopic (exact) mass is 2420 g/mol. The Kier molecular flexibility index (Phi) is 31.7. The van der Waals surface area contributed by atoms with Crippen molar-refractivity contribution in [3.05, 3.63) is 341 Å². The van der Waals surface area contributed by atoms with Gasteiger partial charge in [0.1, 0.15) is 45.7 Å². The van der Waals surface area contributed by atoms with Crippen molar-refractivity contribution in [2.24, 2.45) is 0 Å². The topological polar surface area (TPSA) is 428 Å². The van der Waals surface area contributed by atoms with Crippen LogP contribution in [0, 0.1) is 0 Å². The van der Waals surface area contributed by atoms with Gasteiger partial charge in [0.25, 0.3) is 0 Å². The third kappa shape index (κ3) is 20.8. The van der Waals surface area contributed by atoms with Gasteiger partial charge in [0.2, 0.25) is 11.6 Å². The van der Waals surface area contributed by atoms with E-state index in [-0.39, 0.29) is 210 Å². The van der Waals surface area contributed by atoms with Gasteiger partial charge >= 0.3 is 24.4 Å². The number of phenols is 4. The lowest BCUT2D eigenvalue weighted by molar-refractivity contribution is -0.480. The predicted octanol–water partition coefficient (Wildman–Crippen LogP) is 12.3. The summed E-state index contributed by atoms with van der Waals surface area (Å²) in [6.07, 6.45) is -2.00. The molecule has 672 valence electrons. The lowest BCUT2D eigenvalue weighted by Crippen LogP contribution is -3.00. The maximum Gasteiger partial charge on any atom is 0.408 e. The second-order valence-corrected chi connectivity index (χ2v) is 36.2. The molecule has 0 radical (unpaired) electrons. The van der Waals surface area contributed by atoms with Crippen LogP contribution in [0.5, 0.6) is 23.0 Å². The van der Waals surface area contributed by atoms with Crippen molar-refractivity contribution in [1.82, 2.24) is 21.3 Å². The van der Waals surface area contributed by atoms with Crippen molar-refractivity contribution in [2.75, 3.05) is 50.4 Å². The minimum absolute atomic E-state index is 0. The van der Waals surface area contributed by atoms with Gasteiger partial charge in [0, 0.05) is 121 Å². The molecule has 0 aromatic heterocycles. The largest absolute Gasteiger partial charge is 1.00 e. The molecule has 0 spiro atoms. The second-order valence-electron chi connectivity index (χ2n) is 29.3. The molecule has 0 saturated carbocycles. The fourth-order valence-corrected chi connectivity index (χ4v) is 20.3. The average molecular weight is 2430 g/mol. The highest BCUT2D eigenvalue weighted by Gasteiger charge is 2.40. The predicted molar refractivity (Wildman–Crippen MR) is 505 cm³/mol. The smallest absolute Gasteiger partial charge is 0.408 e. The van der Waals surface area contributed by atoms with E-state index in [1.54, 1.807) is 144 Å². The van der Waals surface area contributed by atoms with Crippen LogP contribution in [0.15, 0.2) is 230 Å². The van der Waals surface area contributed by atoms with Crippen molar-refractivity contribution in [3.63, 3.8) is 0 Å². The number of carbonyl (C=O) groups is 12. The molecule has 14 N–H and O–H groups in total. The van der Waals surface area contributed by atoms with Gasteiger partial charge in [-0.05, 0) is 159 Å². The van der Waals surface area contributed by atoms with E-state index in [4.69, 9.17) is 18.9 Å². The number of hydrogen-bond donors (Lipinski definition) is 12. The second kappa shape index (κ2) is 42.7. The normalized spacial score (nSPS) is 12.2. The van der Waals surface area contributed by atoms with Crippen LogP contribution in [0.25, 0.3) is 0 Å². The minimum atomic E-state index is -0.792. The molecule has 0 bridgehead atoms. The van der Waals surface area contributed by atoms with Crippen LogP contribution >= 0.6 is 127 Å². The molecule has 0 atom stereocenters. The highest BCUT2D eigenvalue weighted by Crippen LogP contribution is 2.45. The summed E-state index contributed by atoms with van der Waals surface area (Å²) < 4.78 is 26.8. The Morgan fingerprint density at radius 2 is 0.485 bits per heavy atom. The zero-order valence-electron chi connectivity index (χ0n) is 67.8. The summed E-state index contributed by atoms with van der Waals surface area (Å²) in [5.74, 6) is -4.47. The first-order chi connectivity index (χ1) is 62.4. The third-order valence-electron chi connectivity index (χ3n) is 21.4. The number of ketones is 8. The standard InChI is InChI=1S/2C47H32Br4N4O10.2BrH/c2*48-28-19-30(50)34(54-32-9-11-36(56)40-38(32)42(58)24-5-1-3-7-26(24)44(40)60)17-22(28)13-15-64-46(62)52-21-53-47(63)65-16-14-23-18-35(31(51)20-29(23)49)55-33-10-12-37(57)41-39(33)43(59)25-6-2-4-8-27(25)45(41)61;;/h2*1-12,17-20,54-57H,13-16,21H2,(H,52,62)(H,53,63);2*1H. The van der Waals surface area contributed by atoms with Crippen molar-refractivity contribution >= 4 is 244 Å². The number of halogens is 10. The number of phenolic OH excluding ortho intramolecular Hbond substituents is 4. The average Bonchev–Trinajstić information content (AvgIpc) is 0.755. The fourth-order valence-electron chi connectivity index (χ4n) is 15.1. The number of benzene rings is 12. The fraction of sp³-hybridized carbons (Fsp3) is 0.106. The first-order valence-corrected chi connectivity index (χ1v) is 45.7.